The van der Waals surface area contributed by atoms with Crippen LogP contribution in [0.1, 0.15) is 22.5 Å². The Hall–Kier alpha value is -3.89. The molecule has 2 aromatic heterocycles. The van der Waals surface area contributed by atoms with E-state index in [4.69, 9.17) is 9.97 Å². The maximum atomic E-state index is 5.08. The molecular formula is C29H19N3S. The van der Waals surface area contributed by atoms with E-state index in [1.54, 1.807) is 11.8 Å². The Balaban J connectivity index is 1.67. The van der Waals surface area contributed by atoms with Gasteiger partial charge in [-0.1, -0.05) is 66.4 Å². The molecule has 5 aromatic rings. The van der Waals surface area contributed by atoms with Crippen LogP contribution < -0.4 is 4.90 Å². The normalized spacial score (nSPS) is 17.6. The number of aromatic nitrogens is 2. The Morgan fingerprint density at radius 1 is 0.545 bits per heavy atom. The highest BCUT2D eigenvalue weighted by Crippen LogP contribution is 2.61. The van der Waals surface area contributed by atoms with E-state index >= 15 is 0 Å². The van der Waals surface area contributed by atoms with Crippen molar-refractivity contribution in [2.24, 2.45) is 0 Å². The van der Waals surface area contributed by atoms with Crippen molar-refractivity contribution in [3.63, 3.8) is 0 Å². The van der Waals surface area contributed by atoms with Gasteiger partial charge in [0, 0.05) is 27.9 Å². The zero-order valence-corrected chi connectivity index (χ0v) is 18.5. The number of anilines is 3. The van der Waals surface area contributed by atoms with Crippen LogP contribution in [0, 0.1) is 0 Å². The van der Waals surface area contributed by atoms with Crippen LogP contribution in [-0.4, -0.2) is 9.97 Å². The molecule has 4 heterocycles. The van der Waals surface area contributed by atoms with E-state index in [1.165, 1.54) is 20.9 Å². The Morgan fingerprint density at radius 2 is 1.18 bits per heavy atom. The standard InChI is InChI=1S/C29H19N3S/c1-2-10-20(11-3-1)32-23-14-6-4-12-21(23)29(27-24(32)15-8-18-30-27)22-13-5-7-16-25(22)33-26-17-9-19-31-28(26)29/h1-19H. The molecule has 4 heteroatoms. The molecule has 1 spiro atoms. The highest BCUT2D eigenvalue weighted by Gasteiger charge is 2.52. The minimum atomic E-state index is -0.586. The molecule has 3 nitrogen and oxygen atoms in total. The van der Waals surface area contributed by atoms with Crippen molar-refractivity contribution in [2.75, 3.05) is 4.90 Å². The van der Waals surface area contributed by atoms with E-state index in [1.807, 2.05) is 24.5 Å². The number of benzene rings is 3. The summed E-state index contributed by atoms with van der Waals surface area (Å²) in [6.45, 7) is 0. The van der Waals surface area contributed by atoms with Crippen molar-refractivity contribution in [1.82, 2.24) is 9.97 Å². The Labute approximate surface area is 196 Å². The lowest BCUT2D eigenvalue weighted by Gasteiger charge is -2.47. The lowest BCUT2D eigenvalue weighted by atomic mass is 9.66. The molecule has 33 heavy (non-hydrogen) atoms. The van der Waals surface area contributed by atoms with E-state index in [-0.39, 0.29) is 0 Å². The minimum Gasteiger partial charge on any atom is -0.308 e. The maximum absolute atomic E-state index is 5.08. The quantitative estimate of drug-likeness (QED) is 0.271. The third-order valence-corrected chi connectivity index (χ3v) is 7.71. The van der Waals surface area contributed by atoms with E-state index in [0.29, 0.717) is 0 Å². The van der Waals surface area contributed by atoms with E-state index in [0.717, 1.165) is 28.5 Å². The SMILES string of the molecule is c1ccc(N2c3ccccc3C3(c4ccccc4Sc4cccnc43)c3ncccc32)cc1. The summed E-state index contributed by atoms with van der Waals surface area (Å²) >= 11 is 1.79. The molecule has 2 aliphatic rings. The van der Waals surface area contributed by atoms with Gasteiger partial charge in [-0.2, -0.15) is 0 Å². The fraction of sp³-hybridized carbons (Fsp3) is 0.0345. The molecular weight excluding hydrogens is 422 g/mol. The summed E-state index contributed by atoms with van der Waals surface area (Å²) in [6, 6.07) is 36.4. The summed E-state index contributed by atoms with van der Waals surface area (Å²) in [5.41, 5.74) is 7.27. The van der Waals surface area contributed by atoms with Gasteiger partial charge >= 0.3 is 0 Å². The molecule has 0 bridgehead atoms. The second kappa shape index (κ2) is 7.06. The van der Waals surface area contributed by atoms with Gasteiger partial charge in [-0.25, -0.2) is 0 Å². The summed E-state index contributed by atoms with van der Waals surface area (Å²) in [5.74, 6) is 0. The average Bonchev–Trinajstić information content (AvgIpc) is 2.89. The fourth-order valence-electron chi connectivity index (χ4n) is 5.34. The van der Waals surface area contributed by atoms with Crippen LogP contribution >= 0.6 is 11.8 Å². The van der Waals surface area contributed by atoms with Crippen molar-refractivity contribution in [3.05, 3.63) is 138 Å². The second-order valence-corrected chi connectivity index (χ2v) is 9.34. The van der Waals surface area contributed by atoms with Crippen LogP contribution in [0.4, 0.5) is 17.1 Å². The molecule has 0 saturated carbocycles. The third-order valence-electron chi connectivity index (χ3n) is 6.58. The molecule has 156 valence electrons. The fourth-order valence-corrected chi connectivity index (χ4v) is 6.51. The topological polar surface area (TPSA) is 29.0 Å². The number of hydrogen-bond acceptors (Lipinski definition) is 4. The first-order valence-corrected chi connectivity index (χ1v) is 11.8. The zero-order chi connectivity index (χ0) is 21.8. The van der Waals surface area contributed by atoms with Gasteiger partial charge in [0.15, 0.2) is 0 Å². The van der Waals surface area contributed by atoms with Crippen molar-refractivity contribution in [1.29, 1.82) is 0 Å². The summed E-state index contributed by atoms with van der Waals surface area (Å²) in [4.78, 5) is 14.8. The molecule has 0 N–H and O–H groups in total. The van der Waals surface area contributed by atoms with Gasteiger partial charge in [0.1, 0.15) is 5.41 Å². The molecule has 2 aliphatic heterocycles. The van der Waals surface area contributed by atoms with Gasteiger partial charge in [0.05, 0.1) is 22.8 Å². The smallest absolute Gasteiger partial charge is 0.111 e. The van der Waals surface area contributed by atoms with Crippen LogP contribution in [0.15, 0.2) is 125 Å². The van der Waals surface area contributed by atoms with Gasteiger partial charge in [-0.05, 0) is 59.7 Å². The van der Waals surface area contributed by atoms with Crippen LogP contribution in [0.3, 0.4) is 0 Å². The Morgan fingerprint density at radius 3 is 2.06 bits per heavy atom. The van der Waals surface area contributed by atoms with Crippen LogP contribution in [0.25, 0.3) is 0 Å². The number of fused-ring (bicyclic) bond motifs is 8. The number of para-hydroxylation sites is 2. The maximum Gasteiger partial charge on any atom is 0.111 e. The van der Waals surface area contributed by atoms with Gasteiger partial charge in [0.2, 0.25) is 0 Å². The largest absolute Gasteiger partial charge is 0.308 e. The molecule has 0 aliphatic carbocycles. The number of rotatable bonds is 1. The van der Waals surface area contributed by atoms with Crippen molar-refractivity contribution in [2.45, 2.75) is 15.2 Å². The molecule has 0 radical (unpaired) electrons. The molecule has 0 fully saturated rings. The van der Waals surface area contributed by atoms with E-state index in [9.17, 15) is 0 Å². The average molecular weight is 442 g/mol. The molecule has 0 saturated heterocycles. The van der Waals surface area contributed by atoms with Crippen molar-refractivity contribution >= 4 is 28.8 Å². The number of pyridine rings is 2. The second-order valence-electron chi connectivity index (χ2n) is 8.26. The summed E-state index contributed by atoms with van der Waals surface area (Å²) in [5, 5.41) is 0. The first-order valence-electron chi connectivity index (χ1n) is 11.0. The number of nitrogens with zero attached hydrogens (tertiary/aromatic N) is 3. The van der Waals surface area contributed by atoms with Gasteiger partial charge in [-0.15, -0.1) is 0 Å². The number of hydrogen-bond donors (Lipinski definition) is 0. The van der Waals surface area contributed by atoms with Gasteiger partial charge < -0.3 is 4.90 Å². The molecule has 0 amide bonds. The third kappa shape index (κ3) is 2.47. The predicted octanol–water partition coefficient (Wildman–Crippen LogP) is 7.11. The minimum absolute atomic E-state index is 0.586. The van der Waals surface area contributed by atoms with Crippen LogP contribution in [0.5, 0.6) is 0 Å². The molecule has 1 unspecified atom stereocenters. The predicted molar refractivity (Wildman–Crippen MR) is 133 cm³/mol. The van der Waals surface area contributed by atoms with E-state index in [2.05, 4.69) is 95.9 Å². The van der Waals surface area contributed by atoms with Crippen molar-refractivity contribution < 1.29 is 0 Å². The Bertz CT molecular complexity index is 1420. The first-order chi connectivity index (χ1) is 16.4. The van der Waals surface area contributed by atoms with E-state index < -0.39 is 5.41 Å². The van der Waals surface area contributed by atoms with Gasteiger partial charge in [0.25, 0.3) is 0 Å². The van der Waals surface area contributed by atoms with Gasteiger partial charge in [-0.3, -0.25) is 9.97 Å². The van der Waals surface area contributed by atoms with Crippen molar-refractivity contribution in [3.8, 4) is 0 Å². The molecule has 1 atom stereocenters. The lowest BCUT2D eigenvalue weighted by molar-refractivity contribution is 0.640. The monoisotopic (exact) mass is 441 g/mol. The summed E-state index contributed by atoms with van der Waals surface area (Å²) in [7, 11) is 0. The summed E-state index contributed by atoms with van der Waals surface area (Å²) in [6.07, 6.45) is 3.81. The van der Waals surface area contributed by atoms with Crippen LogP contribution in [0.2, 0.25) is 0 Å². The molecule has 3 aromatic carbocycles. The zero-order valence-electron chi connectivity index (χ0n) is 17.7. The lowest BCUT2D eigenvalue weighted by Crippen LogP contribution is -2.41. The Kier molecular flexibility index (Phi) is 3.99. The highest BCUT2D eigenvalue weighted by atomic mass is 32.2. The highest BCUT2D eigenvalue weighted by molar-refractivity contribution is 7.99. The summed E-state index contributed by atoms with van der Waals surface area (Å²) < 4.78 is 0. The molecule has 7 rings (SSSR count). The first kappa shape index (κ1) is 18.7. The van der Waals surface area contributed by atoms with Crippen LogP contribution in [-0.2, 0) is 5.41 Å².